The third-order valence-electron chi connectivity index (χ3n) is 5.76. The molecular weight excluding hydrogens is 382 g/mol. The van der Waals surface area contributed by atoms with Crippen LogP contribution in [0.5, 0.6) is 0 Å². The van der Waals surface area contributed by atoms with Crippen molar-refractivity contribution >= 4 is 29.1 Å². The predicted molar refractivity (Wildman–Crippen MR) is 113 cm³/mol. The van der Waals surface area contributed by atoms with Gasteiger partial charge >= 0.3 is 0 Å². The first kappa shape index (κ1) is 20.1. The van der Waals surface area contributed by atoms with Gasteiger partial charge in [0.25, 0.3) is 5.91 Å². The van der Waals surface area contributed by atoms with Gasteiger partial charge in [-0.1, -0.05) is 25.8 Å². The summed E-state index contributed by atoms with van der Waals surface area (Å²) in [7, 11) is 0. The molecule has 2 atom stereocenters. The molecule has 0 bridgehead atoms. The van der Waals surface area contributed by atoms with E-state index in [1.807, 2.05) is 6.92 Å². The van der Waals surface area contributed by atoms with Crippen LogP contribution in [0.2, 0.25) is 0 Å². The van der Waals surface area contributed by atoms with Crippen LogP contribution in [0, 0.1) is 11.8 Å². The second kappa shape index (κ2) is 8.69. The Kier molecular flexibility index (Phi) is 5.83. The van der Waals surface area contributed by atoms with Crippen molar-refractivity contribution in [3.63, 3.8) is 0 Å². The van der Waals surface area contributed by atoms with Gasteiger partial charge in [0, 0.05) is 29.4 Å². The lowest BCUT2D eigenvalue weighted by Crippen LogP contribution is -2.35. The summed E-state index contributed by atoms with van der Waals surface area (Å²) < 4.78 is 1.51. The number of aromatic nitrogens is 2. The number of anilines is 2. The monoisotopic (exact) mass is 409 g/mol. The van der Waals surface area contributed by atoms with Gasteiger partial charge in [-0.3, -0.25) is 19.1 Å². The molecule has 2 aliphatic carbocycles. The van der Waals surface area contributed by atoms with Crippen molar-refractivity contribution in [3.8, 4) is 0 Å². The van der Waals surface area contributed by atoms with E-state index in [2.05, 4.69) is 21.0 Å². The molecule has 0 spiro atoms. The quantitative estimate of drug-likeness (QED) is 0.654. The minimum absolute atomic E-state index is 0.00258. The maximum atomic E-state index is 12.6. The molecule has 1 heterocycles. The second-order valence-electron chi connectivity index (χ2n) is 8.32. The second-order valence-corrected chi connectivity index (χ2v) is 8.32. The summed E-state index contributed by atoms with van der Waals surface area (Å²) in [6, 6.07) is 7.10. The van der Waals surface area contributed by atoms with Crippen LogP contribution in [0.1, 0.15) is 49.4 Å². The van der Waals surface area contributed by atoms with Crippen molar-refractivity contribution in [2.24, 2.45) is 11.8 Å². The van der Waals surface area contributed by atoms with Crippen LogP contribution in [0.15, 0.2) is 36.7 Å². The van der Waals surface area contributed by atoms with Crippen molar-refractivity contribution in [1.82, 2.24) is 15.1 Å². The summed E-state index contributed by atoms with van der Waals surface area (Å²) in [5, 5.41) is 12.8. The van der Waals surface area contributed by atoms with Crippen LogP contribution in [-0.2, 0) is 16.1 Å². The van der Waals surface area contributed by atoms with Crippen molar-refractivity contribution < 1.29 is 14.4 Å². The van der Waals surface area contributed by atoms with Crippen molar-refractivity contribution in [2.45, 2.75) is 51.6 Å². The van der Waals surface area contributed by atoms with E-state index in [1.54, 1.807) is 30.5 Å². The van der Waals surface area contributed by atoms with Gasteiger partial charge in [-0.15, -0.1) is 0 Å². The van der Waals surface area contributed by atoms with Gasteiger partial charge in [-0.25, -0.2) is 0 Å². The highest BCUT2D eigenvalue weighted by Crippen LogP contribution is 2.38. The van der Waals surface area contributed by atoms with E-state index in [9.17, 15) is 14.4 Å². The predicted octanol–water partition coefficient (Wildman–Crippen LogP) is 2.79. The molecule has 0 saturated heterocycles. The maximum Gasteiger partial charge on any atom is 0.255 e. The number of nitrogens with one attached hydrogen (secondary N) is 3. The van der Waals surface area contributed by atoms with E-state index >= 15 is 0 Å². The first-order valence-corrected chi connectivity index (χ1v) is 10.5. The summed E-state index contributed by atoms with van der Waals surface area (Å²) in [5.74, 6) is 0.113. The van der Waals surface area contributed by atoms with Gasteiger partial charge in [0.05, 0.1) is 11.9 Å². The first-order chi connectivity index (χ1) is 14.5. The zero-order valence-corrected chi connectivity index (χ0v) is 17.1. The Morgan fingerprint density at radius 3 is 2.63 bits per heavy atom. The topological polar surface area (TPSA) is 105 Å². The molecule has 0 aliphatic heterocycles. The standard InChI is InChI=1S/C22H27N5O3/c1-14-9-19(14)22(30)25-17-8-4-5-15(10-17)21(29)26-18-11-23-27(12-18)13-20(28)24-16-6-2-3-7-16/h4-5,8,10-12,14,16,19H,2-3,6-7,9,13H2,1H3,(H,24,28)(H,25,30)(H,26,29). The number of carbonyl (C=O) groups excluding carboxylic acids is 3. The molecule has 2 unspecified atom stereocenters. The van der Waals surface area contributed by atoms with E-state index in [0.717, 1.165) is 32.1 Å². The Hall–Kier alpha value is -3.16. The van der Waals surface area contributed by atoms with Crippen LogP contribution in [0.25, 0.3) is 0 Å². The molecular formula is C22H27N5O3. The average Bonchev–Trinajstić information content (AvgIpc) is 3.06. The van der Waals surface area contributed by atoms with Crippen molar-refractivity contribution in [2.75, 3.05) is 10.6 Å². The highest BCUT2D eigenvalue weighted by Gasteiger charge is 2.39. The molecule has 2 aromatic rings. The van der Waals surface area contributed by atoms with Gasteiger partial charge in [0.2, 0.25) is 11.8 Å². The minimum atomic E-state index is -0.305. The molecule has 1 aromatic heterocycles. The van der Waals surface area contributed by atoms with Crippen molar-refractivity contribution in [1.29, 1.82) is 0 Å². The van der Waals surface area contributed by atoms with E-state index in [1.165, 1.54) is 10.9 Å². The molecule has 8 heteroatoms. The number of rotatable bonds is 7. The zero-order valence-electron chi connectivity index (χ0n) is 17.1. The molecule has 2 fully saturated rings. The van der Waals surface area contributed by atoms with Gasteiger partial charge < -0.3 is 16.0 Å². The third-order valence-corrected chi connectivity index (χ3v) is 5.76. The molecule has 8 nitrogen and oxygen atoms in total. The first-order valence-electron chi connectivity index (χ1n) is 10.5. The highest BCUT2D eigenvalue weighted by molar-refractivity contribution is 6.05. The molecule has 0 radical (unpaired) electrons. The fourth-order valence-corrected chi connectivity index (χ4v) is 3.87. The molecule has 2 aliphatic rings. The van der Waals surface area contributed by atoms with Gasteiger partial charge in [-0.05, 0) is 43.4 Å². The lowest BCUT2D eigenvalue weighted by Gasteiger charge is -2.11. The van der Waals surface area contributed by atoms with Gasteiger partial charge in [-0.2, -0.15) is 5.10 Å². The molecule has 3 N–H and O–H groups in total. The maximum absolute atomic E-state index is 12.6. The van der Waals surface area contributed by atoms with E-state index in [-0.39, 0.29) is 36.2 Å². The SMILES string of the molecule is CC1CC1C(=O)Nc1cccc(C(=O)Nc2cnn(CC(=O)NC3CCCC3)c2)c1. The fraction of sp³-hybridized carbons (Fsp3) is 0.455. The summed E-state index contributed by atoms with van der Waals surface area (Å²) in [6.45, 7) is 2.17. The molecule has 2 saturated carbocycles. The van der Waals surface area contributed by atoms with Crippen LogP contribution in [-0.4, -0.2) is 33.5 Å². The Labute approximate surface area is 175 Å². The highest BCUT2D eigenvalue weighted by atomic mass is 16.2. The summed E-state index contributed by atoms with van der Waals surface area (Å²) >= 11 is 0. The molecule has 3 amide bonds. The van der Waals surface area contributed by atoms with E-state index < -0.39 is 0 Å². The summed E-state index contributed by atoms with van der Waals surface area (Å²) in [6.07, 6.45) is 8.44. The smallest absolute Gasteiger partial charge is 0.255 e. The van der Waals surface area contributed by atoms with Crippen LogP contribution in [0.3, 0.4) is 0 Å². The molecule has 4 rings (SSSR count). The number of amides is 3. The van der Waals surface area contributed by atoms with Crippen LogP contribution >= 0.6 is 0 Å². The Morgan fingerprint density at radius 2 is 1.90 bits per heavy atom. The number of hydrogen-bond acceptors (Lipinski definition) is 4. The molecule has 158 valence electrons. The largest absolute Gasteiger partial charge is 0.352 e. The lowest BCUT2D eigenvalue weighted by atomic mass is 10.2. The molecule has 30 heavy (non-hydrogen) atoms. The van der Waals surface area contributed by atoms with E-state index in [0.29, 0.717) is 22.9 Å². The van der Waals surface area contributed by atoms with Gasteiger partial charge in [0.1, 0.15) is 6.54 Å². The summed E-state index contributed by atoms with van der Waals surface area (Å²) in [4.78, 5) is 36.8. The normalized spacial score (nSPS) is 20.6. The van der Waals surface area contributed by atoms with Crippen molar-refractivity contribution in [3.05, 3.63) is 42.2 Å². The summed E-state index contributed by atoms with van der Waals surface area (Å²) in [5.41, 5.74) is 1.55. The third kappa shape index (κ3) is 5.06. The number of benzene rings is 1. The van der Waals surface area contributed by atoms with Crippen LogP contribution in [0.4, 0.5) is 11.4 Å². The van der Waals surface area contributed by atoms with E-state index in [4.69, 9.17) is 0 Å². The number of hydrogen-bond donors (Lipinski definition) is 3. The zero-order chi connectivity index (χ0) is 21.1. The minimum Gasteiger partial charge on any atom is -0.352 e. The number of nitrogens with zero attached hydrogens (tertiary/aromatic N) is 2. The number of carbonyl (C=O) groups is 3. The Balaban J connectivity index is 1.31. The Morgan fingerprint density at radius 1 is 1.13 bits per heavy atom. The molecule has 1 aromatic carbocycles. The fourth-order valence-electron chi connectivity index (χ4n) is 3.87. The lowest BCUT2D eigenvalue weighted by molar-refractivity contribution is -0.122. The van der Waals surface area contributed by atoms with Gasteiger partial charge in [0.15, 0.2) is 0 Å². The average molecular weight is 409 g/mol. The Bertz CT molecular complexity index is 948. The van der Waals surface area contributed by atoms with Crippen LogP contribution < -0.4 is 16.0 Å².